The van der Waals surface area contributed by atoms with Gasteiger partial charge in [-0.2, -0.15) is 4.31 Å². The average molecular weight is 391 g/mol. The molecule has 0 N–H and O–H groups in total. The summed E-state index contributed by atoms with van der Waals surface area (Å²) >= 11 is 0. The van der Waals surface area contributed by atoms with E-state index in [9.17, 15) is 8.42 Å². The van der Waals surface area contributed by atoms with E-state index in [1.807, 2.05) is 56.3 Å². The van der Waals surface area contributed by atoms with Crippen LogP contribution in [0.2, 0.25) is 0 Å². The zero-order chi connectivity index (χ0) is 19.6. The third-order valence-corrected chi connectivity index (χ3v) is 6.63. The maximum absolute atomic E-state index is 13.2. The number of hydrogen-bond donors (Lipinski definition) is 0. The molecule has 7 heteroatoms. The van der Waals surface area contributed by atoms with Gasteiger partial charge in [0.15, 0.2) is 0 Å². The second-order valence-corrected chi connectivity index (χ2v) is 8.77. The monoisotopic (exact) mass is 390 g/mol. The highest BCUT2D eigenvalue weighted by atomic mass is 32.2. The van der Waals surface area contributed by atoms with Crippen LogP contribution in [0.3, 0.4) is 0 Å². The summed E-state index contributed by atoms with van der Waals surface area (Å²) in [7, 11) is 1.78. The smallest absolute Gasteiger partial charge is 0.246 e. The molecule has 0 spiro atoms. The molecule has 6 nitrogen and oxygen atoms in total. The van der Waals surface area contributed by atoms with Crippen molar-refractivity contribution in [3.05, 3.63) is 53.6 Å². The Morgan fingerprint density at radius 2 is 1.85 bits per heavy atom. The first-order valence-electron chi connectivity index (χ1n) is 8.86. The van der Waals surface area contributed by atoms with Gasteiger partial charge in [-0.05, 0) is 42.3 Å². The van der Waals surface area contributed by atoms with Crippen molar-refractivity contribution in [2.24, 2.45) is 0 Å². The van der Waals surface area contributed by atoms with Crippen molar-refractivity contribution in [3.63, 3.8) is 0 Å². The third-order valence-electron chi connectivity index (χ3n) is 4.75. The van der Waals surface area contributed by atoms with Crippen molar-refractivity contribution in [2.45, 2.75) is 17.9 Å². The molecule has 27 heavy (non-hydrogen) atoms. The van der Waals surface area contributed by atoms with E-state index in [0.717, 1.165) is 16.8 Å². The Kier molecular flexibility index (Phi) is 5.74. The first-order valence-corrected chi connectivity index (χ1v) is 10.3. The first-order chi connectivity index (χ1) is 12.8. The van der Waals surface area contributed by atoms with Crippen LogP contribution < -0.4 is 9.64 Å². The molecule has 1 aliphatic heterocycles. The fraction of sp³-hybridized carbons (Fsp3) is 0.400. The van der Waals surface area contributed by atoms with Crippen molar-refractivity contribution in [3.8, 4) is 5.75 Å². The molecule has 146 valence electrons. The minimum Gasteiger partial charge on any atom is -0.495 e. The number of sulfonamides is 1. The van der Waals surface area contributed by atoms with E-state index in [1.165, 1.54) is 11.4 Å². The van der Waals surface area contributed by atoms with E-state index in [2.05, 4.69) is 0 Å². The second kappa shape index (κ2) is 7.88. The Morgan fingerprint density at radius 1 is 1.15 bits per heavy atom. The number of rotatable bonds is 5. The Balaban J connectivity index is 1.86. The molecule has 0 bridgehead atoms. The summed E-state index contributed by atoms with van der Waals surface area (Å²) in [6.07, 6.45) is -0.291. The predicted molar refractivity (Wildman–Crippen MR) is 106 cm³/mol. The molecular formula is C20H26N2O4S. The number of morpholine rings is 1. The summed E-state index contributed by atoms with van der Waals surface area (Å²) in [5.74, 6) is 0.360. The molecule has 1 unspecified atom stereocenters. The van der Waals surface area contributed by atoms with Crippen molar-refractivity contribution in [1.82, 2.24) is 4.31 Å². The number of anilines is 1. The van der Waals surface area contributed by atoms with E-state index >= 15 is 0 Å². The maximum atomic E-state index is 13.2. The molecule has 0 aromatic heterocycles. The molecule has 1 saturated heterocycles. The first kappa shape index (κ1) is 19.7. The minimum atomic E-state index is -3.67. The fourth-order valence-electron chi connectivity index (χ4n) is 3.16. The fourth-order valence-corrected chi connectivity index (χ4v) is 4.82. The molecule has 1 aliphatic rings. The van der Waals surface area contributed by atoms with Gasteiger partial charge in [-0.25, -0.2) is 8.42 Å². The Hall–Kier alpha value is -2.09. The lowest BCUT2D eigenvalue weighted by atomic mass is 10.1. The van der Waals surface area contributed by atoms with Crippen LogP contribution in [-0.4, -0.2) is 53.6 Å². The third kappa shape index (κ3) is 4.10. The molecule has 1 heterocycles. The van der Waals surface area contributed by atoms with Crippen LogP contribution in [0, 0.1) is 6.92 Å². The lowest BCUT2D eigenvalue weighted by molar-refractivity contribution is -0.00258. The quantitative estimate of drug-likeness (QED) is 0.786. The summed E-state index contributed by atoms with van der Waals surface area (Å²) < 4.78 is 39.1. The summed E-state index contributed by atoms with van der Waals surface area (Å²) in [6.45, 7) is 2.83. The molecule has 0 amide bonds. The Bertz CT molecular complexity index is 895. The van der Waals surface area contributed by atoms with Gasteiger partial charge >= 0.3 is 0 Å². The highest BCUT2D eigenvalue weighted by Crippen LogP contribution is 2.31. The summed E-state index contributed by atoms with van der Waals surface area (Å²) in [5.41, 5.74) is 2.93. The van der Waals surface area contributed by atoms with Gasteiger partial charge in [0.05, 0.1) is 19.8 Å². The minimum absolute atomic E-state index is 0.202. The molecule has 1 atom stereocenters. The van der Waals surface area contributed by atoms with Gasteiger partial charge in [0.25, 0.3) is 0 Å². The molecule has 2 aromatic rings. The largest absolute Gasteiger partial charge is 0.495 e. The van der Waals surface area contributed by atoms with Crippen molar-refractivity contribution in [1.29, 1.82) is 0 Å². The van der Waals surface area contributed by atoms with Crippen molar-refractivity contribution < 1.29 is 17.9 Å². The summed E-state index contributed by atoms with van der Waals surface area (Å²) in [5, 5.41) is 0. The summed E-state index contributed by atoms with van der Waals surface area (Å²) in [4.78, 5) is 2.22. The maximum Gasteiger partial charge on any atom is 0.246 e. The number of benzene rings is 2. The highest BCUT2D eigenvalue weighted by molar-refractivity contribution is 7.89. The second-order valence-electron chi connectivity index (χ2n) is 6.86. The topological polar surface area (TPSA) is 59.1 Å². The van der Waals surface area contributed by atoms with Crippen LogP contribution >= 0.6 is 0 Å². The number of ether oxygens (including phenoxy) is 2. The number of hydrogen-bond acceptors (Lipinski definition) is 5. The van der Waals surface area contributed by atoms with Crippen molar-refractivity contribution >= 4 is 15.7 Å². The van der Waals surface area contributed by atoms with E-state index < -0.39 is 10.0 Å². The van der Waals surface area contributed by atoms with Gasteiger partial charge in [0.2, 0.25) is 10.0 Å². The van der Waals surface area contributed by atoms with E-state index in [1.54, 1.807) is 12.1 Å². The number of nitrogens with zero attached hydrogens (tertiary/aromatic N) is 2. The number of aryl methyl sites for hydroxylation is 1. The van der Waals surface area contributed by atoms with E-state index in [4.69, 9.17) is 9.47 Å². The van der Waals surface area contributed by atoms with Crippen LogP contribution in [0.4, 0.5) is 5.69 Å². The Morgan fingerprint density at radius 3 is 2.48 bits per heavy atom. The van der Waals surface area contributed by atoms with Crippen LogP contribution in [0.15, 0.2) is 47.4 Å². The van der Waals surface area contributed by atoms with Crippen molar-refractivity contribution in [2.75, 3.05) is 45.8 Å². The normalized spacial score (nSPS) is 18.3. The molecule has 3 rings (SSSR count). The average Bonchev–Trinajstić information content (AvgIpc) is 2.68. The SMILES string of the molecule is COc1ccc(C)cc1S(=O)(=O)N1CCOC(c2ccc(N(C)C)cc2)C1. The standard InChI is InChI=1S/C20H26N2O4S/c1-15-5-10-18(25-4)20(13-15)27(23,24)22-11-12-26-19(14-22)16-6-8-17(9-7-16)21(2)3/h5-10,13,19H,11-12,14H2,1-4H3. The van der Waals surface area contributed by atoms with E-state index in [0.29, 0.717) is 18.9 Å². The molecule has 2 aromatic carbocycles. The molecular weight excluding hydrogens is 364 g/mol. The van der Waals surface area contributed by atoms with Gasteiger partial charge in [0.1, 0.15) is 10.6 Å². The number of methoxy groups -OCH3 is 1. The zero-order valence-electron chi connectivity index (χ0n) is 16.2. The van der Waals surface area contributed by atoms with Crippen LogP contribution in [-0.2, 0) is 14.8 Å². The molecule has 1 fully saturated rings. The van der Waals surface area contributed by atoms with Crippen LogP contribution in [0.1, 0.15) is 17.2 Å². The van der Waals surface area contributed by atoms with Gasteiger partial charge < -0.3 is 14.4 Å². The summed E-state index contributed by atoms with van der Waals surface area (Å²) in [6, 6.07) is 13.2. The van der Waals surface area contributed by atoms with Gasteiger partial charge in [-0.1, -0.05) is 18.2 Å². The van der Waals surface area contributed by atoms with Gasteiger partial charge in [0, 0.05) is 32.9 Å². The van der Waals surface area contributed by atoms with Gasteiger partial charge in [-0.3, -0.25) is 0 Å². The van der Waals surface area contributed by atoms with Crippen LogP contribution in [0.25, 0.3) is 0 Å². The molecule has 0 radical (unpaired) electrons. The van der Waals surface area contributed by atoms with Gasteiger partial charge in [-0.15, -0.1) is 0 Å². The molecule has 0 aliphatic carbocycles. The predicted octanol–water partition coefficient (Wildman–Crippen LogP) is 2.83. The molecule has 0 saturated carbocycles. The zero-order valence-corrected chi connectivity index (χ0v) is 17.0. The Labute approximate surface area is 161 Å². The van der Waals surface area contributed by atoms with E-state index in [-0.39, 0.29) is 17.5 Å². The lowest BCUT2D eigenvalue weighted by Crippen LogP contribution is -2.42. The van der Waals surface area contributed by atoms with Crippen LogP contribution in [0.5, 0.6) is 5.75 Å². The lowest BCUT2D eigenvalue weighted by Gasteiger charge is -2.33. The highest BCUT2D eigenvalue weighted by Gasteiger charge is 2.33.